The van der Waals surface area contributed by atoms with Gasteiger partial charge in [-0.25, -0.2) is 8.78 Å². The third kappa shape index (κ3) is 4.28. The first-order valence-corrected chi connectivity index (χ1v) is 6.62. The Balaban J connectivity index is 1.91. The van der Waals surface area contributed by atoms with Gasteiger partial charge in [0, 0.05) is 6.07 Å². The van der Waals surface area contributed by atoms with Gasteiger partial charge >= 0.3 is 0 Å². The zero-order valence-electron chi connectivity index (χ0n) is 10.8. The smallest absolute Gasteiger partial charge is 0.238 e. The summed E-state index contributed by atoms with van der Waals surface area (Å²) in [7, 11) is 0. The number of anilines is 1. The molecule has 1 aromatic carbocycles. The van der Waals surface area contributed by atoms with Crippen molar-refractivity contribution in [2.24, 2.45) is 0 Å². The summed E-state index contributed by atoms with van der Waals surface area (Å²) in [6, 6.07) is 3.03. The first kappa shape index (κ1) is 13.9. The molecule has 1 amide bonds. The van der Waals surface area contributed by atoms with Crippen LogP contribution in [0.2, 0.25) is 0 Å². The lowest BCUT2D eigenvalue weighted by atomic mass is 10.2. The zero-order valence-corrected chi connectivity index (χ0v) is 10.8. The summed E-state index contributed by atoms with van der Waals surface area (Å²) in [5.41, 5.74) is -0.0974. The fourth-order valence-corrected chi connectivity index (χ4v) is 2.28. The van der Waals surface area contributed by atoms with Crippen molar-refractivity contribution in [2.75, 3.05) is 25.0 Å². The molecule has 1 heterocycles. The third-order valence-corrected chi connectivity index (χ3v) is 3.27. The zero-order chi connectivity index (χ0) is 13.7. The minimum atomic E-state index is -0.620. The second-order valence-electron chi connectivity index (χ2n) is 4.86. The van der Waals surface area contributed by atoms with E-state index in [2.05, 4.69) is 10.2 Å². The van der Waals surface area contributed by atoms with Crippen LogP contribution in [-0.4, -0.2) is 30.4 Å². The van der Waals surface area contributed by atoms with Gasteiger partial charge in [-0.05, 0) is 38.1 Å². The van der Waals surface area contributed by atoms with Crippen LogP contribution < -0.4 is 5.32 Å². The number of rotatable bonds is 3. The standard InChI is InChI=1S/C14H18F2N2O/c15-11-5-6-12(16)13(9-11)17-14(19)10-18-7-3-1-2-4-8-18/h5-6,9H,1-4,7-8,10H2,(H,17,19). The molecule has 0 aromatic heterocycles. The van der Waals surface area contributed by atoms with E-state index in [4.69, 9.17) is 0 Å². The van der Waals surface area contributed by atoms with Gasteiger partial charge in [-0.2, -0.15) is 0 Å². The molecule has 1 fully saturated rings. The first-order valence-electron chi connectivity index (χ1n) is 6.62. The lowest BCUT2D eigenvalue weighted by Gasteiger charge is -2.19. The SMILES string of the molecule is O=C(CN1CCCCCC1)Nc1cc(F)ccc1F. The summed E-state index contributed by atoms with van der Waals surface area (Å²) in [6.45, 7) is 2.01. The van der Waals surface area contributed by atoms with Crippen LogP contribution in [0.25, 0.3) is 0 Å². The Labute approximate surface area is 111 Å². The quantitative estimate of drug-likeness (QED) is 0.914. The van der Waals surface area contributed by atoms with Crippen LogP contribution in [0.3, 0.4) is 0 Å². The number of nitrogens with zero attached hydrogens (tertiary/aromatic N) is 1. The summed E-state index contributed by atoms with van der Waals surface area (Å²) < 4.78 is 26.4. The molecule has 19 heavy (non-hydrogen) atoms. The van der Waals surface area contributed by atoms with E-state index in [9.17, 15) is 13.6 Å². The van der Waals surface area contributed by atoms with Crippen molar-refractivity contribution in [2.45, 2.75) is 25.7 Å². The molecular weight excluding hydrogens is 250 g/mol. The average molecular weight is 268 g/mol. The Bertz CT molecular complexity index is 443. The first-order chi connectivity index (χ1) is 9.15. The highest BCUT2D eigenvalue weighted by Gasteiger charge is 2.14. The monoisotopic (exact) mass is 268 g/mol. The van der Waals surface area contributed by atoms with Crippen LogP contribution in [0.15, 0.2) is 18.2 Å². The average Bonchev–Trinajstić information content (AvgIpc) is 2.62. The van der Waals surface area contributed by atoms with Crippen molar-refractivity contribution in [1.29, 1.82) is 0 Å². The molecule has 2 rings (SSSR count). The molecule has 0 bridgehead atoms. The molecule has 1 aliphatic heterocycles. The summed E-state index contributed by atoms with van der Waals surface area (Å²) in [5.74, 6) is -1.48. The van der Waals surface area contributed by atoms with Gasteiger partial charge in [-0.3, -0.25) is 9.69 Å². The van der Waals surface area contributed by atoms with Crippen molar-refractivity contribution in [1.82, 2.24) is 4.90 Å². The van der Waals surface area contributed by atoms with Crippen LogP contribution in [-0.2, 0) is 4.79 Å². The van der Waals surface area contributed by atoms with Crippen molar-refractivity contribution in [3.8, 4) is 0 Å². The number of likely N-dealkylation sites (tertiary alicyclic amines) is 1. The number of hydrogen-bond donors (Lipinski definition) is 1. The van der Waals surface area contributed by atoms with Gasteiger partial charge < -0.3 is 5.32 Å². The predicted molar refractivity (Wildman–Crippen MR) is 69.9 cm³/mol. The van der Waals surface area contributed by atoms with Gasteiger partial charge in [0.1, 0.15) is 11.6 Å². The van der Waals surface area contributed by atoms with Gasteiger partial charge in [-0.1, -0.05) is 12.8 Å². The highest BCUT2D eigenvalue weighted by molar-refractivity contribution is 5.92. The fourth-order valence-electron chi connectivity index (χ4n) is 2.28. The molecule has 3 nitrogen and oxygen atoms in total. The molecule has 1 aromatic rings. The summed E-state index contributed by atoms with van der Waals surface area (Å²) >= 11 is 0. The van der Waals surface area contributed by atoms with E-state index in [1.165, 1.54) is 12.8 Å². The van der Waals surface area contributed by atoms with E-state index in [1.807, 2.05) is 0 Å². The van der Waals surface area contributed by atoms with Gasteiger partial charge in [0.05, 0.1) is 12.2 Å². The van der Waals surface area contributed by atoms with Crippen molar-refractivity contribution >= 4 is 11.6 Å². The molecule has 0 unspecified atom stereocenters. The van der Waals surface area contributed by atoms with Crippen LogP contribution in [0, 0.1) is 11.6 Å². The number of carbonyl (C=O) groups excluding carboxylic acids is 1. The van der Waals surface area contributed by atoms with Crippen molar-refractivity contribution in [3.05, 3.63) is 29.8 Å². The topological polar surface area (TPSA) is 32.3 Å². The number of carbonyl (C=O) groups is 1. The second kappa shape index (κ2) is 6.61. The van der Waals surface area contributed by atoms with E-state index in [0.29, 0.717) is 0 Å². The lowest BCUT2D eigenvalue weighted by molar-refractivity contribution is -0.117. The minimum Gasteiger partial charge on any atom is -0.322 e. The third-order valence-electron chi connectivity index (χ3n) is 3.27. The highest BCUT2D eigenvalue weighted by Crippen LogP contribution is 2.15. The summed E-state index contributed by atoms with van der Waals surface area (Å²) in [4.78, 5) is 13.9. The molecule has 0 radical (unpaired) electrons. The molecule has 0 atom stereocenters. The molecular formula is C14H18F2N2O. The number of halogens is 2. The largest absolute Gasteiger partial charge is 0.322 e. The summed E-state index contributed by atoms with van der Waals surface area (Å²) in [5, 5.41) is 2.42. The number of amides is 1. The van der Waals surface area contributed by atoms with E-state index < -0.39 is 11.6 Å². The number of nitrogens with one attached hydrogen (secondary N) is 1. The Morgan fingerprint density at radius 2 is 1.84 bits per heavy atom. The second-order valence-corrected chi connectivity index (χ2v) is 4.86. The minimum absolute atomic E-state index is 0.0974. The Morgan fingerprint density at radius 3 is 2.53 bits per heavy atom. The van der Waals surface area contributed by atoms with Crippen LogP contribution in [0.1, 0.15) is 25.7 Å². The molecule has 1 aliphatic rings. The van der Waals surface area contributed by atoms with Gasteiger partial charge in [0.15, 0.2) is 0 Å². The van der Waals surface area contributed by atoms with E-state index in [0.717, 1.165) is 44.1 Å². The maximum atomic E-state index is 13.4. The van der Waals surface area contributed by atoms with Crippen LogP contribution >= 0.6 is 0 Å². The highest BCUT2D eigenvalue weighted by atomic mass is 19.1. The molecule has 0 spiro atoms. The van der Waals surface area contributed by atoms with E-state index in [-0.39, 0.29) is 18.1 Å². The van der Waals surface area contributed by atoms with Gasteiger partial charge in [0.25, 0.3) is 0 Å². The maximum Gasteiger partial charge on any atom is 0.238 e. The van der Waals surface area contributed by atoms with Crippen molar-refractivity contribution in [3.63, 3.8) is 0 Å². The predicted octanol–water partition coefficient (Wildman–Crippen LogP) is 2.78. The molecule has 0 aliphatic carbocycles. The molecule has 104 valence electrons. The van der Waals surface area contributed by atoms with Gasteiger partial charge in [0.2, 0.25) is 5.91 Å². The normalized spacial score (nSPS) is 16.9. The molecule has 0 saturated carbocycles. The van der Waals surface area contributed by atoms with Gasteiger partial charge in [-0.15, -0.1) is 0 Å². The fraction of sp³-hybridized carbons (Fsp3) is 0.500. The molecule has 1 N–H and O–H groups in total. The Morgan fingerprint density at radius 1 is 1.16 bits per heavy atom. The molecule has 5 heteroatoms. The number of hydrogen-bond acceptors (Lipinski definition) is 2. The summed E-state index contributed by atoms with van der Waals surface area (Å²) in [6.07, 6.45) is 4.55. The molecule has 1 saturated heterocycles. The van der Waals surface area contributed by atoms with Crippen LogP contribution in [0.4, 0.5) is 14.5 Å². The Hall–Kier alpha value is -1.49. The maximum absolute atomic E-state index is 13.4. The van der Waals surface area contributed by atoms with Crippen molar-refractivity contribution < 1.29 is 13.6 Å². The van der Waals surface area contributed by atoms with E-state index >= 15 is 0 Å². The number of benzene rings is 1. The lowest BCUT2D eigenvalue weighted by Crippen LogP contribution is -2.34. The Kier molecular flexibility index (Phi) is 4.85. The van der Waals surface area contributed by atoms with E-state index in [1.54, 1.807) is 0 Å². The van der Waals surface area contributed by atoms with Crippen LogP contribution in [0.5, 0.6) is 0 Å².